The third-order valence-electron chi connectivity index (χ3n) is 3.32. The second-order valence-electron chi connectivity index (χ2n) is 5.01. The van der Waals surface area contributed by atoms with Gasteiger partial charge in [-0.2, -0.15) is 0 Å². The quantitative estimate of drug-likeness (QED) is 0.506. The van der Waals surface area contributed by atoms with Crippen LogP contribution in [0.2, 0.25) is 0 Å². The molecule has 0 saturated carbocycles. The first-order valence-electron chi connectivity index (χ1n) is 7.62. The lowest BCUT2D eigenvalue weighted by molar-refractivity contribution is 0.0526. The van der Waals surface area contributed by atoms with Gasteiger partial charge in [0, 0.05) is 5.75 Å². The molecule has 122 valence electrons. The normalized spacial score (nSPS) is 10.5. The van der Waals surface area contributed by atoms with Crippen molar-refractivity contribution in [3.05, 3.63) is 72.1 Å². The lowest BCUT2D eigenvalue weighted by Crippen LogP contribution is -2.04. The van der Waals surface area contributed by atoms with Crippen LogP contribution in [0.3, 0.4) is 0 Å². The molecule has 6 heteroatoms. The van der Waals surface area contributed by atoms with Gasteiger partial charge in [-0.05, 0) is 36.8 Å². The summed E-state index contributed by atoms with van der Waals surface area (Å²) >= 11 is 1.55. The number of nitrogens with zero attached hydrogens (tertiary/aromatic N) is 3. The standard InChI is InChI=1S/C18H17N3O2S/c1-2-23-17(22)15-10-8-14(9-11-15)12-24-18-19-13-21(20-18)16-6-4-3-5-7-16/h3-11,13H,2,12H2,1H3. The fourth-order valence-corrected chi connectivity index (χ4v) is 2.87. The van der Waals surface area contributed by atoms with Gasteiger partial charge in [-0.3, -0.25) is 0 Å². The molecule has 0 saturated heterocycles. The monoisotopic (exact) mass is 339 g/mol. The van der Waals surface area contributed by atoms with Gasteiger partial charge in [0.15, 0.2) is 0 Å². The van der Waals surface area contributed by atoms with E-state index in [1.54, 1.807) is 41.8 Å². The molecule has 0 bridgehead atoms. The summed E-state index contributed by atoms with van der Waals surface area (Å²) in [4.78, 5) is 15.9. The summed E-state index contributed by atoms with van der Waals surface area (Å²) in [6, 6.07) is 17.3. The van der Waals surface area contributed by atoms with Crippen LogP contribution in [-0.2, 0) is 10.5 Å². The van der Waals surface area contributed by atoms with Crippen LogP contribution in [0.5, 0.6) is 0 Å². The van der Waals surface area contributed by atoms with E-state index in [1.807, 2.05) is 42.5 Å². The molecule has 1 heterocycles. The Bertz CT molecular complexity index is 801. The molecule has 3 aromatic rings. The van der Waals surface area contributed by atoms with Crippen LogP contribution in [0.4, 0.5) is 0 Å². The van der Waals surface area contributed by atoms with Crippen molar-refractivity contribution in [3.8, 4) is 5.69 Å². The van der Waals surface area contributed by atoms with E-state index < -0.39 is 0 Å². The Balaban J connectivity index is 1.60. The van der Waals surface area contributed by atoms with Crippen molar-refractivity contribution < 1.29 is 9.53 Å². The number of carbonyl (C=O) groups excluding carboxylic acids is 1. The number of rotatable bonds is 6. The number of hydrogen-bond donors (Lipinski definition) is 0. The first-order valence-corrected chi connectivity index (χ1v) is 8.61. The first-order chi connectivity index (χ1) is 11.8. The van der Waals surface area contributed by atoms with Crippen LogP contribution in [-0.4, -0.2) is 27.3 Å². The van der Waals surface area contributed by atoms with Gasteiger partial charge < -0.3 is 4.74 Å². The molecule has 3 rings (SSSR count). The van der Waals surface area contributed by atoms with Gasteiger partial charge in [-0.1, -0.05) is 42.1 Å². The molecule has 0 aliphatic carbocycles. The summed E-state index contributed by atoms with van der Waals surface area (Å²) in [6.07, 6.45) is 1.71. The van der Waals surface area contributed by atoms with Crippen molar-refractivity contribution in [2.24, 2.45) is 0 Å². The average molecular weight is 339 g/mol. The Kier molecular flexibility index (Phi) is 5.28. The zero-order chi connectivity index (χ0) is 16.8. The Morgan fingerprint density at radius 2 is 1.88 bits per heavy atom. The first kappa shape index (κ1) is 16.3. The van der Waals surface area contributed by atoms with Gasteiger partial charge in [0.25, 0.3) is 0 Å². The minimum Gasteiger partial charge on any atom is -0.462 e. The molecule has 0 aliphatic rings. The van der Waals surface area contributed by atoms with Crippen molar-refractivity contribution in [2.75, 3.05) is 6.61 Å². The van der Waals surface area contributed by atoms with Crippen molar-refractivity contribution in [3.63, 3.8) is 0 Å². The molecule has 5 nitrogen and oxygen atoms in total. The van der Waals surface area contributed by atoms with Crippen molar-refractivity contribution in [1.82, 2.24) is 14.8 Å². The predicted octanol–water partition coefficient (Wildman–Crippen LogP) is 3.74. The molecule has 0 fully saturated rings. The minimum absolute atomic E-state index is 0.292. The SMILES string of the molecule is CCOC(=O)c1ccc(CSc2ncn(-c3ccccc3)n2)cc1. The van der Waals surface area contributed by atoms with Gasteiger partial charge >= 0.3 is 5.97 Å². The zero-order valence-corrected chi connectivity index (χ0v) is 14.1. The summed E-state index contributed by atoms with van der Waals surface area (Å²) in [5.74, 6) is 0.446. The van der Waals surface area contributed by atoms with E-state index in [2.05, 4.69) is 10.1 Å². The molecule has 2 aromatic carbocycles. The Morgan fingerprint density at radius 3 is 2.58 bits per heavy atom. The summed E-state index contributed by atoms with van der Waals surface area (Å²) in [6.45, 7) is 2.18. The van der Waals surface area contributed by atoms with Gasteiger partial charge in [-0.25, -0.2) is 14.5 Å². The number of benzene rings is 2. The smallest absolute Gasteiger partial charge is 0.338 e. The number of para-hydroxylation sites is 1. The van der Waals surface area contributed by atoms with Crippen LogP contribution >= 0.6 is 11.8 Å². The van der Waals surface area contributed by atoms with Crippen LogP contribution in [0.1, 0.15) is 22.8 Å². The topological polar surface area (TPSA) is 57.0 Å². The third kappa shape index (κ3) is 4.02. The van der Waals surface area contributed by atoms with E-state index in [-0.39, 0.29) is 5.97 Å². The fraction of sp³-hybridized carbons (Fsp3) is 0.167. The van der Waals surface area contributed by atoms with Crippen LogP contribution in [0.15, 0.2) is 66.1 Å². The van der Waals surface area contributed by atoms with Gasteiger partial charge in [0.1, 0.15) is 6.33 Å². The molecule has 0 radical (unpaired) electrons. The van der Waals surface area contributed by atoms with E-state index in [4.69, 9.17) is 4.74 Å². The Hall–Kier alpha value is -2.60. The van der Waals surface area contributed by atoms with E-state index in [0.717, 1.165) is 17.0 Å². The number of aromatic nitrogens is 3. The number of thioether (sulfide) groups is 1. The highest BCUT2D eigenvalue weighted by Gasteiger charge is 2.07. The highest BCUT2D eigenvalue weighted by Crippen LogP contribution is 2.20. The van der Waals surface area contributed by atoms with Gasteiger partial charge in [0.05, 0.1) is 17.9 Å². The number of hydrogen-bond acceptors (Lipinski definition) is 5. The molecule has 0 aliphatic heterocycles. The maximum absolute atomic E-state index is 11.6. The fourth-order valence-electron chi connectivity index (χ4n) is 2.12. The zero-order valence-electron chi connectivity index (χ0n) is 13.3. The number of carbonyl (C=O) groups is 1. The van der Waals surface area contributed by atoms with E-state index >= 15 is 0 Å². The van der Waals surface area contributed by atoms with Gasteiger partial charge in [0.2, 0.25) is 5.16 Å². The lowest BCUT2D eigenvalue weighted by Gasteiger charge is -2.03. The molecular weight excluding hydrogens is 322 g/mol. The lowest BCUT2D eigenvalue weighted by atomic mass is 10.1. The third-order valence-corrected chi connectivity index (χ3v) is 4.25. The number of esters is 1. The van der Waals surface area contributed by atoms with E-state index in [9.17, 15) is 4.79 Å². The molecule has 0 N–H and O–H groups in total. The molecular formula is C18H17N3O2S. The minimum atomic E-state index is -0.292. The maximum atomic E-state index is 11.6. The Labute approximate surface area is 144 Å². The largest absolute Gasteiger partial charge is 0.462 e. The molecule has 24 heavy (non-hydrogen) atoms. The summed E-state index contributed by atoms with van der Waals surface area (Å²) in [7, 11) is 0. The second kappa shape index (κ2) is 7.79. The predicted molar refractivity (Wildman–Crippen MR) is 93.3 cm³/mol. The van der Waals surface area contributed by atoms with Crippen molar-refractivity contribution in [1.29, 1.82) is 0 Å². The molecule has 1 aromatic heterocycles. The average Bonchev–Trinajstić information content (AvgIpc) is 3.10. The highest BCUT2D eigenvalue weighted by molar-refractivity contribution is 7.98. The second-order valence-corrected chi connectivity index (χ2v) is 5.96. The van der Waals surface area contributed by atoms with Crippen LogP contribution < -0.4 is 0 Å². The molecule has 0 amide bonds. The van der Waals surface area contributed by atoms with Crippen molar-refractivity contribution in [2.45, 2.75) is 17.8 Å². The Morgan fingerprint density at radius 1 is 1.12 bits per heavy atom. The van der Waals surface area contributed by atoms with Gasteiger partial charge in [-0.15, -0.1) is 5.10 Å². The molecule has 0 unspecified atom stereocenters. The molecule has 0 atom stereocenters. The maximum Gasteiger partial charge on any atom is 0.338 e. The molecule has 0 spiro atoms. The summed E-state index contributed by atoms with van der Waals surface area (Å²) < 4.78 is 6.73. The van der Waals surface area contributed by atoms with E-state index in [1.165, 1.54) is 0 Å². The number of ether oxygens (including phenoxy) is 1. The summed E-state index contributed by atoms with van der Waals surface area (Å²) in [5, 5.41) is 5.18. The van der Waals surface area contributed by atoms with Crippen LogP contribution in [0.25, 0.3) is 5.69 Å². The highest BCUT2D eigenvalue weighted by atomic mass is 32.2. The summed E-state index contributed by atoms with van der Waals surface area (Å²) in [5.41, 5.74) is 2.65. The van der Waals surface area contributed by atoms with E-state index in [0.29, 0.717) is 17.3 Å². The van der Waals surface area contributed by atoms with Crippen LogP contribution in [0, 0.1) is 0 Å². The van der Waals surface area contributed by atoms with Crippen molar-refractivity contribution >= 4 is 17.7 Å².